The van der Waals surface area contributed by atoms with Gasteiger partial charge in [0.1, 0.15) is 4.90 Å². The summed E-state index contributed by atoms with van der Waals surface area (Å²) in [6.45, 7) is 3.21. The number of aromatic nitrogens is 2. The molecule has 6 nitrogen and oxygen atoms in total. The molecule has 0 bridgehead atoms. The van der Waals surface area contributed by atoms with Crippen LogP contribution in [0.15, 0.2) is 11.1 Å². The Labute approximate surface area is 88.8 Å². The number of aliphatic hydroxyl groups is 1. The number of hydrogen-bond donors (Lipinski definition) is 3. The molecule has 0 spiro atoms. The summed E-state index contributed by atoms with van der Waals surface area (Å²) in [5.41, 5.74) is 0.482. The average Bonchev–Trinajstić information content (AvgIpc) is 2.61. The molecule has 1 aromatic rings. The van der Waals surface area contributed by atoms with E-state index in [0.717, 1.165) is 0 Å². The van der Waals surface area contributed by atoms with Crippen molar-refractivity contribution in [3.05, 3.63) is 11.9 Å². The summed E-state index contributed by atoms with van der Waals surface area (Å²) in [7, 11) is -3.57. The van der Waals surface area contributed by atoms with Crippen molar-refractivity contribution < 1.29 is 13.5 Å². The Balaban J connectivity index is 2.90. The van der Waals surface area contributed by atoms with E-state index in [9.17, 15) is 8.42 Å². The van der Waals surface area contributed by atoms with E-state index in [1.165, 1.54) is 6.20 Å². The predicted molar refractivity (Wildman–Crippen MR) is 54.8 cm³/mol. The van der Waals surface area contributed by atoms with E-state index in [4.69, 9.17) is 5.11 Å². The Morgan fingerprint density at radius 3 is 2.73 bits per heavy atom. The molecule has 0 aromatic carbocycles. The van der Waals surface area contributed by atoms with Gasteiger partial charge in [0.2, 0.25) is 10.0 Å². The van der Waals surface area contributed by atoms with Crippen LogP contribution in [0.25, 0.3) is 0 Å². The topological polar surface area (TPSA) is 95.1 Å². The van der Waals surface area contributed by atoms with Gasteiger partial charge in [0.15, 0.2) is 0 Å². The lowest BCUT2D eigenvalue weighted by Gasteiger charge is -2.13. The van der Waals surface area contributed by atoms with Gasteiger partial charge in [0.05, 0.1) is 18.5 Å². The van der Waals surface area contributed by atoms with Crippen molar-refractivity contribution in [2.45, 2.75) is 31.2 Å². The van der Waals surface area contributed by atoms with Gasteiger partial charge >= 0.3 is 0 Å². The van der Waals surface area contributed by atoms with Crippen LogP contribution in [0.1, 0.15) is 19.0 Å². The second-order valence-electron chi connectivity index (χ2n) is 3.27. The second kappa shape index (κ2) is 4.73. The van der Waals surface area contributed by atoms with Crippen molar-refractivity contribution in [1.29, 1.82) is 0 Å². The highest BCUT2D eigenvalue weighted by Gasteiger charge is 2.21. The lowest BCUT2D eigenvalue weighted by Crippen LogP contribution is -2.37. The molecule has 1 rings (SSSR count). The van der Waals surface area contributed by atoms with Crippen LogP contribution >= 0.6 is 0 Å². The van der Waals surface area contributed by atoms with Crippen LogP contribution in [0.4, 0.5) is 0 Å². The lowest BCUT2D eigenvalue weighted by molar-refractivity contribution is 0.254. The van der Waals surface area contributed by atoms with Gasteiger partial charge in [-0.1, -0.05) is 6.92 Å². The molecule has 3 N–H and O–H groups in total. The monoisotopic (exact) mass is 233 g/mol. The van der Waals surface area contributed by atoms with Crippen molar-refractivity contribution in [2.75, 3.05) is 6.61 Å². The van der Waals surface area contributed by atoms with Crippen LogP contribution in [-0.2, 0) is 10.0 Å². The van der Waals surface area contributed by atoms with Gasteiger partial charge in [-0.25, -0.2) is 13.1 Å². The highest BCUT2D eigenvalue weighted by Crippen LogP contribution is 2.11. The number of aryl methyl sites for hydroxylation is 1. The fourth-order valence-corrected chi connectivity index (χ4v) is 2.59. The molecule has 15 heavy (non-hydrogen) atoms. The highest BCUT2D eigenvalue weighted by molar-refractivity contribution is 7.89. The van der Waals surface area contributed by atoms with Gasteiger partial charge in [-0.2, -0.15) is 5.10 Å². The molecular weight excluding hydrogens is 218 g/mol. The van der Waals surface area contributed by atoms with Gasteiger partial charge in [-0.3, -0.25) is 5.10 Å². The number of rotatable bonds is 5. The van der Waals surface area contributed by atoms with Crippen LogP contribution in [0.3, 0.4) is 0 Å². The summed E-state index contributed by atoms with van der Waals surface area (Å²) in [4.78, 5) is 0.120. The lowest BCUT2D eigenvalue weighted by atomic mass is 10.3. The maximum atomic E-state index is 11.8. The molecule has 1 aromatic heterocycles. The number of nitrogens with one attached hydrogen (secondary N) is 2. The van der Waals surface area contributed by atoms with Crippen LogP contribution in [-0.4, -0.2) is 36.4 Å². The Morgan fingerprint density at radius 2 is 2.33 bits per heavy atom. The Morgan fingerprint density at radius 1 is 1.67 bits per heavy atom. The van der Waals surface area contributed by atoms with E-state index >= 15 is 0 Å². The molecule has 0 radical (unpaired) electrons. The van der Waals surface area contributed by atoms with Crippen molar-refractivity contribution in [1.82, 2.24) is 14.9 Å². The summed E-state index contributed by atoms with van der Waals surface area (Å²) in [5, 5.41) is 15.1. The maximum Gasteiger partial charge on any atom is 0.244 e. The third-order valence-electron chi connectivity index (χ3n) is 2.11. The van der Waals surface area contributed by atoms with E-state index in [0.29, 0.717) is 12.1 Å². The Bertz CT molecular complexity index is 409. The van der Waals surface area contributed by atoms with Gasteiger partial charge in [0.25, 0.3) is 0 Å². The SMILES string of the molecule is CC[C@@H](CO)NS(=O)(=O)c1cn[nH]c1C. The van der Waals surface area contributed by atoms with Crippen LogP contribution in [0.5, 0.6) is 0 Å². The van der Waals surface area contributed by atoms with E-state index in [1.54, 1.807) is 13.8 Å². The first-order valence-corrected chi connectivity index (χ1v) is 6.12. The summed E-state index contributed by atoms with van der Waals surface area (Å²) >= 11 is 0. The molecule has 0 aliphatic rings. The molecule has 0 aliphatic heterocycles. The average molecular weight is 233 g/mol. The fourth-order valence-electron chi connectivity index (χ4n) is 1.14. The summed E-state index contributed by atoms with van der Waals surface area (Å²) in [6.07, 6.45) is 1.79. The number of sulfonamides is 1. The number of aromatic amines is 1. The van der Waals surface area contributed by atoms with Crippen LogP contribution < -0.4 is 4.72 Å². The number of hydrogen-bond acceptors (Lipinski definition) is 4. The Kier molecular flexibility index (Phi) is 3.83. The molecule has 0 aliphatic carbocycles. The molecule has 86 valence electrons. The zero-order chi connectivity index (χ0) is 11.5. The normalized spacial score (nSPS) is 14.1. The van der Waals surface area contributed by atoms with Gasteiger partial charge in [-0.05, 0) is 13.3 Å². The quantitative estimate of drug-likeness (QED) is 0.654. The maximum absolute atomic E-state index is 11.8. The second-order valence-corrected chi connectivity index (χ2v) is 4.95. The zero-order valence-corrected chi connectivity index (χ0v) is 9.50. The Hall–Kier alpha value is -0.920. The molecule has 1 atom stereocenters. The molecule has 0 unspecified atom stereocenters. The number of H-pyrrole nitrogens is 1. The molecule has 0 saturated heterocycles. The molecule has 0 fully saturated rings. The minimum absolute atomic E-state index is 0.120. The van der Waals surface area contributed by atoms with E-state index < -0.39 is 16.1 Å². The standard InChI is InChI=1S/C8H15N3O3S/c1-3-7(5-12)11-15(13,14)8-4-9-10-6(8)2/h4,7,11-12H,3,5H2,1-2H3,(H,9,10)/t7-/m0/s1. The first-order chi connectivity index (χ1) is 7.01. The predicted octanol–water partition coefficient (Wildman–Crippen LogP) is -0.233. The molecule has 0 amide bonds. The molecular formula is C8H15N3O3S. The highest BCUT2D eigenvalue weighted by atomic mass is 32.2. The zero-order valence-electron chi connectivity index (χ0n) is 8.69. The number of nitrogens with zero attached hydrogens (tertiary/aromatic N) is 1. The first-order valence-electron chi connectivity index (χ1n) is 4.64. The van der Waals surface area contributed by atoms with Crippen LogP contribution in [0, 0.1) is 6.92 Å². The van der Waals surface area contributed by atoms with Gasteiger partial charge in [-0.15, -0.1) is 0 Å². The van der Waals surface area contributed by atoms with E-state index in [2.05, 4.69) is 14.9 Å². The summed E-state index contributed by atoms with van der Waals surface area (Å²) in [6, 6.07) is -0.454. The largest absolute Gasteiger partial charge is 0.395 e. The smallest absolute Gasteiger partial charge is 0.244 e. The van der Waals surface area contributed by atoms with Crippen molar-refractivity contribution in [3.63, 3.8) is 0 Å². The van der Waals surface area contributed by atoms with E-state index in [-0.39, 0.29) is 11.5 Å². The van der Waals surface area contributed by atoms with Gasteiger partial charge < -0.3 is 5.11 Å². The summed E-state index contributed by atoms with van der Waals surface area (Å²) in [5.74, 6) is 0. The van der Waals surface area contributed by atoms with E-state index in [1.807, 2.05) is 0 Å². The fraction of sp³-hybridized carbons (Fsp3) is 0.625. The van der Waals surface area contributed by atoms with Crippen molar-refractivity contribution in [2.24, 2.45) is 0 Å². The third-order valence-corrected chi connectivity index (χ3v) is 3.74. The molecule has 0 saturated carbocycles. The summed E-state index contributed by atoms with van der Waals surface area (Å²) < 4.78 is 25.9. The molecule has 1 heterocycles. The third kappa shape index (κ3) is 2.77. The first kappa shape index (κ1) is 12.2. The number of aliphatic hydroxyl groups excluding tert-OH is 1. The van der Waals surface area contributed by atoms with Crippen LogP contribution in [0.2, 0.25) is 0 Å². The van der Waals surface area contributed by atoms with Crippen molar-refractivity contribution >= 4 is 10.0 Å². The van der Waals surface area contributed by atoms with Crippen molar-refractivity contribution in [3.8, 4) is 0 Å². The minimum Gasteiger partial charge on any atom is -0.395 e. The molecule has 7 heteroatoms. The van der Waals surface area contributed by atoms with Gasteiger partial charge in [0, 0.05) is 6.04 Å². The minimum atomic E-state index is -3.57.